The van der Waals surface area contributed by atoms with Gasteiger partial charge in [-0.3, -0.25) is 14.5 Å². The van der Waals surface area contributed by atoms with Gasteiger partial charge >= 0.3 is 5.97 Å². The van der Waals surface area contributed by atoms with Gasteiger partial charge in [0.1, 0.15) is 4.32 Å². The third-order valence-corrected chi connectivity index (χ3v) is 4.91. The van der Waals surface area contributed by atoms with E-state index >= 15 is 0 Å². The normalized spacial score (nSPS) is 16.2. The Labute approximate surface area is 157 Å². The minimum Gasteiger partial charge on any atom is -0.466 e. The van der Waals surface area contributed by atoms with E-state index in [9.17, 15) is 9.59 Å². The first-order valence-corrected chi connectivity index (χ1v) is 9.47. The predicted octanol–water partition coefficient (Wildman–Crippen LogP) is 4.18. The van der Waals surface area contributed by atoms with Crippen LogP contribution in [0.2, 0.25) is 0 Å². The maximum Gasteiger partial charge on any atom is 0.307 e. The lowest BCUT2D eigenvalue weighted by molar-refractivity contribution is -0.144. The van der Waals surface area contributed by atoms with Crippen molar-refractivity contribution in [3.63, 3.8) is 0 Å². The molecule has 1 fully saturated rings. The molecule has 1 amide bonds. The molecule has 2 rings (SSSR count). The number of unbranched alkanes of at least 4 members (excludes halogenated alkanes) is 1. The second-order valence-corrected chi connectivity index (χ2v) is 7.13. The zero-order valence-electron chi connectivity index (χ0n) is 14.1. The van der Waals surface area contributed by atoms with Crippen molar-refractivity contribution in [2.75, 3.05) is 13.2 Å². The number of amides is 1. The molecule has 0 bridgehead atoms. The molecule has 0 N–H and O–H groups in total. The maximum absolute atomic E-state index is 12.4. The fourth-order valence-corrected chi connectivity index (χ4v) is 3.38. The molecule has 0 unspecified atom stereocenters. The molecule has 0 atom stereocenters. The van der Waals surface area contributed by atoms with Crippen LogP contribution in [-0.4, -0.2) is 34.2 Å². The van der Waals surface area contributed by atoms with E-state index in [0.717, 1.165) is 18.4 Å². The summed E-state index contributed by atoms with van der Waals surface area (Å²) >= 11 is 6.50. The zero-order valence-corrected chi connectivity index (χ0v) is 15.8. The molecule has 1 heterocycles. The topological polar surface area (TPSA) is 46.6 Å². The Bertz CT molecular complexity index is 683. The zero-order chi connectivity index (χ0) is 18.1. The third-order valence-electron chi connectivity index (χ3n) is 3.51. The van der Waals surface area contributed by atoms with Crippen molar-refractivity contribution in [1.82, 2.24) is 4.90 Å². The number of allylic oxidation sites excluding steroid dienone is 2. The van der Waals surface area contributed by atoms with Crippen LogP contribution in [0.15, 0.2) is 47.4 Å². The standard InChI is InChI=1S/C19H21NO3S2/c1-2-3-14-23-17(21)12-13-20-18(22)16(25-19(20)24)11-7-10-15-8-5-4-6-9-15/h4-11H,2-3,12-14H2,1H3/b10-7+,16-11-. The fourth-order valence-electron chi connectivity index (χ4n) is 2.12. The molecule has 1 aromatic carbocycles. The van der Waals surface area contributed by atoms with Gasteiger partial charge in [-0.15, -0.1) is 0 Å². The number of benzene rings is 1. The van der Waals surface area contributed by atoms with E-state index in [0.29, 0.717) is 15.8 Å². The molecule has 0 saturated carbocycles. The summed E-state index contributed by atoms with van der Waals surface area (Å²) in [5.74, 6) is -0.454. The summed E-state index contributed by atoms with van der Waals surface area (Å²) in [6, 6.07) is 9.84. The molecular weight excluding hydrogens is 354 g/mol. The van der Waals surface area contributed by atoms with Gasteiger partial charge in [0.05, 0.1) is 17.9 Å². The molecule has 4 nitrogen and oxygen atoms in total. The van der Waals surface area contributed by atoms with Crippen molar-refractivity contribution in [1.29, 1.82) is 0 Å². The van der Waals surface area contributed by atoms with E-state index in [4.69, 9.17) is 17.0 Å². The number of ether oxygens (including phenoxy) is 1. The van der Waals surface area contributed by atoms with Crippen molar-refractivity contribution < 1.29 is 14.3 Å². The molecule has 132 valence electrons. The predicted molar refractivity (Wildman–Crippen MR) is 106 cm³/mol. The van der Waals surface area contributed by atoms with Crippen molar-refractivity contribution >= 4 is 46.3 Å². The molecule has 25 heavy (non-hydrogen) atoms. The molecule has 0 radical (unpaired) electrons. The molecule has 1 saturated heterocycles. The van der Waals surface area contributed by atoms with Gasteiger partial charge in [-0.1, -0.05) is 79.8 Å². The Morgan fingerprint density at radius 3 is 2.80 bits per heavy atom. The van der Waals surface area contributed by atoms with E-state index in [1.165, 1.54) is 16.7 Å². The summed E-state index contributed by atoms with van der Waals surface area (Å²) in [5.41, 5.74) is 1.06. The minimum atomic E-state index is -0.296. The molecule has 1 aliphatic heterocycles. The highest BCUT2D eigenvalue weighted by Gasteiger charge is 2.31. The largest absolute Gasteiger partial charge is 0.466 e. The first-order chi connectivity index (χ1) is 12.1. The summed E-state index contributed by atoms with van der Waals surface area (Å²) in [5, 5.41) is 0. The molecule has 0 aliphatic carbocycles. The highest BCUT2D eigenvalue weighted by molar-refractivity contribution is 8.26. The van der Waals surface area contributed by atoms with Crippen LogP contribution in [0.3, 0.4) is 0 Å². The molecule has 6 heteroatoms. The average Bonchev–Trinajstić information content (AvgIpc) is 2.88. The number of hydrogen-bond donors (Lipinski definition) is 0. The minimum absolute atomic E-state index is 0.156. The van der Waals surface area contributed by atoms with Crippen LogP contribution in [0.25, 0.3) is 6.08 Å². The van der Waals surface area contributed by atoms with E-state index in [1.807, 2.05) is 49.4 Å². The summed E-state index contributed by atoms with van der Waals surface area (Å²) in [7, 11) is 0. The van der Waals surface area contributed by atoms with Gasteiger partial charge in [-0.05, 0) is 18.1 Å². The van der Waals surface area contributed by atoms with Crippen LogP contribution in [0.5, 0.6) is 0 Å². The quantitative estimate of drug-likeness (QED) is 0.295. The molecule has 1 aromatic rings. The van der Waals surface area contributed by atoms with Gasteiger partial charge in [0.15, 0.2) is 0 Å². The van der Waals surface area contributed by atoms with Crippen LogP contribution in [0.4, 0.5) is 0 Å². The monoisotopic (exact) mass is 375 g/mol. The number of nitrogens with zero attached hydrogens (tertiary/aromatic N) is 1. The van der Waals surface area contributed by atoms with Gasteiger partial charge < -0.3 is 4.74 Å². The van der Waals surface area contributed by atoms with Crippen molar-refractivity contribution in [3.8, 4) is 0 Å². The Balaban J connectivity index is 1.87. The summed E-state index contributed by atoms with van der Waals surface area (Å²) in [4.78, 5) is 26.1. The number of rotatable bonds is 8. The van der Waals surface area contributed by atoms with E-state index in [2.05, 4.69) is 0 Å². The lowest BCUT2D eigenvalue weighted by Gasteiger charge is -2.13. The number of thiocarbonyl (C=S) groups is 1. The van der Waals surface area contributed by atoms with Crippen molar-refractivity contribution in [2.24, 2.45) is 0 Å². The second kappa shape index (κ2) is 10.2. The maximum atomic E-state index is 12.4. The van der Waals surface area contributed by atoms with Crippen LogP contribution < -0.4 is 0 Å². The average molecular weight is 376 g/mol. The van der Waals surface area contributed by atoms with Crippen LogP contribution in [0, 0.1) is 0 Å². The third kappa shape index (κ3) is 6.14. The Kier molecular flexibility index (Phi) is 7.88. The van der Waals surface area contributed by atoms with Crippen molar-refractivity contribution in [3.05, 3.63) is 53.0 Å². The summed E-state index contributed by atoms with van der Waals surface area (Å²) < 4.78 is 5.58. The van der Waals surface area contributed by atoms with Gasteiger partial charge in [-0.2, -0.15) is 0 Å². The number of carbonyl (C=O) groups is 2. The molecular formula is C19H21NO3S2. The first-order valence-electron chi connectivity index (χ1n) is 8.24. The first kappa shape index (κ1) is 19.4. The van der Waals surface area contributed by atoms with Gasteiger partial charge in [-0.25, -0.2) is 0 Å². The molecule has 0 aromatic heterocycles. The number of hydrogen-bond acceptors (Lipinski definition) is 5. The number of esters is 1. The second-order valence-electron chi connectivity index (χ2n) is 5.45. The highest BCUT2D eigenvalue weighted by Crippen LogP contribution is 2.31. The number of carbonyl (C=O) groups excluding carboxylic acids is 2. The smallest absolute Gasteiger partial charge is 0.307 e. The van der Waals surface area contributed by atoms with Crippen LogP contribution in [0.1, 0.15) is 31.7 Å². The molecule has 0 spiro atoms. The fraction of sp³-hybridized carbons (Fsp3) is 0.316. The van der Waals surface area contributed by atoms with E-state index < -0.39 is 0 Å². The van der Waals surface area contributed by atoms with Crippen molar-refractivity contribution in [2.45, 2.75) is 26.2 Å². The van der Waals surface area contributed by atoms with Gasteiger partial charge in [0, 0.05) is 6.54 Å². The lowest BCUT2D eigenvalue weighted by Crippen LogP contribution is -2.30. The summed E-state index contributed by atoms with van der Waals surface area (Å²) in [6.45, 7) is 2.72. The Morgan fingerprint density at radius 2 is 2.08 bits per heavy atom. The Hall–Kier alpha value is -1.92. The van der Waals surface area contributed by atoms with Crippen LogP contribution >= 0.6 is 24.0 Å². The number of thioether (sulfide) groups is 1. The SMILES string of the molecule is CCCCOC(=O)CCN1C(=O)/C(=C/C=C/c2ccccc2)SC1=S. The van der Waals surface area contributed by atoms with E-state index in [1.54, 1.807) is 6.08 Å². The van der Waals surface area contributed by atoms with E-state index in [-0.39, 0.29) is 24.8 Å². The van der Waals surface area contributed by atoms with Crippen LogP contribution in [-0.2, 0) is 14.3 Å². The van der Waals surface area contributed by atoms with Gasteiger partial charge in [0.25, 0.3) is 5.91 Å². The lowest BCUT2D eigenvalue weighted by atomic mass is 10.2. The highest BCUT2D eigenvalue weighted by atomic mass is 32.2. The van der Waals surface area contributed by atoms with Gasteiger partial charge in [0.2, 0.25) is 0 Å². The Morgan fingerprint density at radius 1 is 1.32 bits per heavy atom. The summed E-state index contributed by atoms with van der Waals surface area (Å²) in [6.07, 6.45) is 7.50. The molecule has 1 aliphatic rings.